The van der Waals surface area contributed by atoms with Gasteiger partial charge in [-0.2, -0.15) is 4.31 Å². The van der Waals surface area contributed by atoms with Crippen molar-refractivity contribution in [3.05, 3.63) is 27.7 Å². The monoisotopic (exact) mass is 464 g/mol. The molecule has 2 aliphatic rings. The molecule has 1 aromatic rings. The molecule has 1 aliphatic carbocycles. The molecule has 0 unspecified atom stereocenters. The van der Waals surface area contributed by atoms with Gasteiger partial charge in [-0.3, -0.25) is 4.79 Å². The topological polar surface area (TPSA) is 102 Å². The molecular weight excluding hydrogens is 443 g/mol. The molecular formula is C18H22Cl2N2O6S. The Hall–Kier alpha value is -1.39. The van der Waals surface area contributed by atoms with Gasteiger partial charge < -0.3 is 14.8 Å². The smallest absolute Gasteiger partial charge is 0.331 e. The maximum atomic E-state index is 13.0. The van der Waals surface area contributed by atoms with E-state index in [0.717, 1.165) is 18.9 Å². The summed E-state index contributed by atoms with van der Waals surface area (Å²) in [5.41, 5.74) is -1.21. The molecule has 1 aliphatic heterocycles. The second kappa shape index (κ2) is 8.77. The fraction of sp³-hybridized carbons (Fsp3) is 0.556. The number of benzene rings is 1. The number of morpholine rings is 1. The third kappa shape index (κ3) is 4.39. The van der Waals surface area contributed by atoms with E-state index in [1.54, 1.807) is 0 Å². The molecule has 11 heteroatoms. The molecule has 0 spiro atoms. The zero-order valence-corrected chi connectivity index (χ0v) is 18.2. The first-order chi connectivity index (χ1) is 13.7. The van der Waals surface area contributed by atoms with Crippen molar-refractivity contribution in [2.45, 2.75) is 36.1 Å². The largest absolute Gasteiger partial charge is 0.467 e. The van der Waals surface area contributed by atoms with Crippen LogP contribution in [0.15, 0.2) is 17.0 Å². The van der Waals surface area contributed by atoms with Crippen LogP contribution in [0.25, 0.3) is 0 Å². The van der Waals surface area contributed by atoms with E-state index in [1.165, 1.54) is 17.5 Å². The summed E-state index contributed by atoms with van der Waals surface area (Å²) in [5.74, 6) is -1.19. The van der Waals surface area contributed by atoms with E-state index < -0.39 is 27.4 Å². The highest BCUT2D eigenvalue weighted by Gasteiger charge is 2.44. The minimum atomic E-state index is -3.94. The summed E-state index contributed by atoms with van der Waals surface area (Å²) >= 11 is 12.3. The lowest BCUT2D eigenvalue weighted by Crippen LogP contribution is -2.53. The average molecular weight is 465 g/mol. The van der Waals surface area contributed by atoms with Crippen LogP contribution in [0, 0.1) is 0 Å². The lowest BCUT2D eigenvalue weighted by atomic mass is 9.97. The first-order valence-corrected chi connectivity index (χ1v) is 11.4. The molecule has 0 atom stereocenters. The van der Waals surface area contributed by atoms with Crippen LogP contribution in [0.1, 0.15) is 36.0 Å². The molecule has 1 aromatic carbocycles. The van der Waals surface area contributed by atoms with Crippen molar-refractivity contribution in [3.63, 3.8) is 0 Å². The maximum Gasteiger partial charge on any atom is 0.331 e. The SMILES string of the molecule is COC(=O)C1(NC(=O)c2cc(S(=O)(=O)N3CCOCC3)c(Cl)cc2Cl)CCCC1. The van der Waals surface area contributed by atoms with Gasteiger partial charge in [-0.15, -0.1) is 0 Å². The highest BCUT2D eigenvalue weighted by molar-refractivity contribution is 7.89. The molecule has 160 valence electrons. The Balaban J connectivity index is 1.95. The van der Waals surface area contributed by atoms with E-state index in [4.69, 9.17) is 32.7 Å². The van der Waals surface area contributed by atoms with Gasteiger partial charge >= 0.3 is 5.97 Å². The number of nitrogens with zero attached hydrogens (tertiary/aromatic N) is 1. The summed E-state index contributed by atoms with van der Waals surface area (Å²) in [5, 5.41) is 2.62. The lowest BCUT2D eigenvalue weighted by Gasteiger charge is -2.28. The second-order valence-electron chi connectivity index (χ2n) is 7.01. The molecule has 1 N–H and O–H groups in total. The molecule has 0 bridgehead atoms. The maximum absolute atomic E-state index is 13.0. The molecule has 1 amide bonds. The molecule has 3 rings (SSSR count). The van der Waals surface area contributed by atoms with Crippen molar-refractivity contribution in [1.29, 1.82) is 0 Å². The number of rotatable bonds is 5. The Morgan fingerprint density at radius 1 is 1.14 bits per heavy atom. The van der Waals surface area contributed by atoms with Gasteiger partial charge in [-0.1, -0.05) is 36.0 Å². The molecule has 0 aromatic heterocycles. The third-order valence-electron chi connectivity index (χ3n) is 5.24. The Labute approximate surface area is 179 Å². The molecule has 2 fully saturated rings. The fourth-order valence-electron chi connectivity index (χ4n) is 3.67. The van der Waals surface area contributed by atoms with E-state index in [2.05, 4.69) is 5.32 Å². The number of sulfonamides is 1. The summed E-state index contributed by atoms with van der Waals surface area (Å²) in [6.45, 7) is 0.932. The van der Waals surface area contributed by atoms with Crippen molar-refractivity contribution in [1.82, 2.24) is 9.62 Å². The average Bonchev–Trinajstić information content (AvgIpc) is 3.17. The predicted octanol–water partition coefficient (Wildman–Crippen LogP) is 2.23. The highest BCUT2D eigenvalue weighted by Crippen LogP contribution is 2.34. The first-order valence-electron chi connectivity index (χ1n) is 9.19. The first kappa shape index (κ1) is 22.3. The second-order valence-corrected chi connectivity index (χ2v) is 9.73. The van der Waals surface area contributed by atoms with Gasteiger partial charge in [0.15, 0.2) is 0 Å². The summed E-state index contributed by atoms with van der Waals surface area (Å²) in [7, 11) is -2.68. The lowest BCUT2D eigenvalue weighted by molar-refractivity contribution is -0.148. The van der Waals surface area contributed by atoms with Gasteiger partial charge in [0.1, 0.15) is 10.4 Å². The zero-order chi connectivity index (χ0) is 21.2. The molecule has 29 heavy (non-hydrogen) atoms. The van der Waals surface area contributed by atoms with Crippen molar-refractivity contribution >= 4 is 45.1 Å². The van der Waals surface area contributed by atoms with E-state index >= 15 is 0 Å². The van der Waals surface area contributed by atoms with E-state index in [0.29, 0.717) is 12.8 Å². The number of carbonyl (C=O) groups is 2. The summed E-state index contributed by atoms with van der Waals surface area (Å²) in [6, 6.07) is 2.38. The number of hydrogen-bond donors (Lipinski definition) is 1. The van der Waals surface area contributed by atoms with Crippen molar-refractivity contribution in [3.8, 4) is 0 Å². The summed E-state index contributed by atoms with van der Waals surface area (Å²) in [6.07, 6.45) is 2.41. The molecule has 1 saturated heterocycles. The van der Waals surface area contributed by atoms with E-state index in [-0.39, 0.29) is 46.8 Å². The normalized spacial score (nSPS) is 19.7. The number of halogens is 2. The van der Waals surface area contributed by atoms with Gasteiger partial charge in [0.2, 0.25) is 10.0 Å². The molecule has 1 saturated carbocycles. The quantitative estimate of drug-likeness (QED) is 0.670. The Morgan fingerprint density at radius 2 is 1.76 bits per heavy atom. The summed E-state index contributed by atoms with van der Waals surface area (Å²) in [4.78, 5) is 25.0. The molecule has 1 heterocycles. The van der Waals surface area contributed by atoms with Crippen LogP contribution >= 0.6 is 23.2 Å². The number of carbonyl (C=O) groups excluding carboxylic acids is 2. The van der Waals surface area contributed by atoms with Gasteiger partial charge in [-0.25, -0.2) is 13.2 Å². The van der Waals surface area contributed by atoms with Crippen LogP contribution in [-0.4, -0.2) is 63.6 Å². The van der Waals surface area contributed by atoms with Gasteiger partial charge in [0, 0.05) is 13.1 Å². The fourth-order valence-corrected chi connectivity index (χ4v) is 5.91. The van der Waals surface area contributed by atoms with Gasteiger partial charge in [0.25, 0.3) is 5.91 Å². The van der Waals surface area contributed by atoms with Crippen molar-refractivity contribution in [2.75, 3.05) is 33.4 Å². The van der Waals surface area contributed by atoms with Crippen molar-refractivity contribution in [2.24, 2.45) is 0 Å². The Kier molecular flexibility index (Phi) is 6.74. The number of esters is 1. The van der Waals surface area contributed by atoms with Gasteiger partial charge in [-0.05, 0) is 25.0 Å². The van der Waals surface area contributed by atoms with Crippen LogP contribution in [0.5, 0.6) is 0 Å². The van der Waals surface area contributed by atoms with Crippen LogP contribution in [-0.2, 0) is 24.3 Å². The summed E-state index contributed by atoms with van der Waals surface area (Å²) < 4.78 is 37.3. The van der Waals surface area contributed by atoms with Crippen LogP contribution in [0.2, 0.25) is 10.0 Å². The predicted molar refractivity (Wildman–Crippen MR) is 107 cm³/mol. The number of amides is 1. The standard InChI is InChI=1S/C18H22Cl2N2O6S/c1-27-17(24)18(4-2-3-5-18)21-16(23)12-10-15(14(20)11-13(12)19)29(25,26)22-6-8-28-9-7-22/h10-11H,2-9H2,1H3,(H,21,23). The molecule has 8 nitrogen and oxygen atoms in total. The number of hydrogen-bond acceptors (Lipinski definition) is 6. The zero-order valence-electron chi connectivity index (χ0n) is 15.9. The minimum absolute atomic E-state index is 0.00793. The number of nitrogens with one attached hydrogen (secondary N) is 1. The van der Waals surface area contributed by atoms with Crippen LogP contribution in [0.4, 0.5) is 0 Å². The van der Waals surface area contributed by atoms with E-state index in [1.807, 2.05) is 0 Å². The van der Waals surface area contributed by atoms with Crippen molar-refractivity contribution < 1.29 is 27.5 Å². The molecule has 0 radical (unpaired) electrons. The van der Waals surface area contributed by atoms with E-state index in [9.17, 15) is 18.0 Å². The third-order valence-corrected chi connectivity index (χ3v) is 7.92. The Bertz CT molecular complexity index is 909. The number of methoxy groups -OCH3 is 1. The highest BCUT2D eigenvalue weighted by atomic mass is 35.5. The van der Waals surface area contributed by atoms with Gasteiger partial charge in [0.05, 0.1) is 35.9 Å². The minimum Gasteiger partial charge on any atom is -0.467 e. The van der Waals surface area contributed by atoms with Crippen LogP contribution in [0.3, 0.4) is 0 Å². The number of ether oxygens (including phenoxy) is 2. The van der Waals surface area contributed by atoms with Crippen LogP contribution < -0.4 is 5.32 Å². The Morgan fingerprint density at radius 3 is 2.34 bits per heavy atom.